The van der Waals surface area contributed by atoms with Gasteiger partial charge in [0.15, 0.2) is 0 Å². The smallest absolute Gasteiger partial charge is 0.380 e. The molecule has 0 aromatic heterocycles. The Morgan fingerprint density at radius 1 is 1.60 bits per heavy atom. The number of rotatable bonds is 3. The molecule has 1 rings (SSSR count). The van der Waals surface area contributed by atoms with Crippen LogP contribution in [0.4, 0.5) is 0 Å². The first-order chi connectivity index (χ1) is 6.95. The van der Waals surface area contributed by atoms with E-state index >= 15 is 0 Å². The highest BCUT2D eigenvalue weighted by atomic mass is 31.1. The van der Waals surface area contributed by atoms with Gasteiger partial charge in [-0.05, 0) is 13.3 Å². The molecule has 1 saturated heterocycles. The van der Waals surface area contributed by atoms with Crippen molar-refractivity contribution in [3.05, 3.63) is 0 Å². The average Bonchev–Trinajstić information content (AvgIpc) is 2.60. The topological polar surface area (TPSA) is 101 Å². The highest BCUT2D eigenvalue weighted by Crippen LogP contribution is 2.38. The van der Waals surface area contributed by atoms with Crippen LogP contribution in [0.3, 0.4) is 0 Å². The number of nitrogens with two attached hydrogens (primary N) is 1. The summed E-state index contributed by atoms with van der Waals surface area (Å²) in [6.45, 7) is 1.79. The molecule has 1 aliphatic rings. The fourth-order valence-corrected chi connectivity index (χ4v) is 2.43. The lowest BCUT2D eigenvalue weighted by atomic mass is 10.2. The summed E-state index contributed by atoms with van der Waals surface area (Å²) in [4.78, 5) is 23.8. The molecule has 0 spiro atoms. The van der Waals surface area contributed by atoms with Crippen LogP contribution in [0.1, 0.15) is 19.8 Å². The van der Waals surface area contributed by atoms with Gasteiger partial charge in [-0.3, -0.25) is 9.69 Å². The molecule has 1 heterocycles. The Kier molecular flexibility index (Phi) is 3.42. The second kappa shape index (κ2) is 4.24. The minimum atomic E-state index is -1.55. The maximum atomic E-state index is 11.6. The lowest BCUT2D eigenvalue weighted by molar-refractivity contribution is -0.151. The van der Waals surface area contributed by atoms with Crippen LogP contribution in [-0.2, 0) is 14.2 Å². The summed E-state index contributed by atoms with van der Waals surface area (Å²) in [6, 6.07) is -0.766. The molecule has 0 radical (unpaired) electrons. The molecule has 0 saturated carbocycles. The van der Waals surface area contributed by atoms with Gasteiger partial charge in [0.2, 0.25) is 5.91 Å². The zero-order chi connectivity index (χ0) is 11.6. The van der Waals surface area contributed by atoms with E-state index < -0.39 is 31.7 Å². The van der Waals surface area contributed by atoms with E-state index in [0.29, 0.717) is 13.0 Å². The molecule has 6 nitrogen and oxygen atoms in total. The first-order valence-corrected chi connectivity index (χ1v) is 5.56. The molecule has 3 unspecified atom stereocenters. The van der Waals surface area contributed by atoms with Gasteiger partial charge in [0.05, 0.1) is 6.04 Å². The molecule has 1 amide bonds. The van der Waals surface area contributed by atoms with Crippen LogP contribution in [-0.4, -0.2) is 39.7 Å². The summed E-state index contributed by atoms with van der Waals surface area (Å²) in [5.74, 6) is -1.68. The molecule has 1 fully saturated rings. The predicted octanol–water partition coefficient (Wildman–Crippen LogP) is -0.239. The Balaban J connectivity index is 3.02. The number of aliphatic carboxylic acids is 1. The summed E-state index contributed by atoms with van der Waals surface area (Å²) in [5, 5.41) is 7.49. The quantitative estimate of drug-likeness (QED) is 0.655. The molecule has 15 heavy (non-hydrogen) atoms. The summed E-state index contributed by atoms with van der Waals surface area (Å²) in [5.41, 5.74) is 5.41. The van der Waals surface area contributed by atoms with Gasteiger partial charge >= 0.3 is 19.7 Å². The Bertz CT molecular complexity index is 307. The summed E-state index contributed by atoms with van der Waals surface area (Å²) in [6.07, 6.45) is 0.767. The van der Waals surface area contributed by atoms with Crippen LogP contribution in [0.15, 0.2) is 0 Å². The Labute approximate surface area is 88.6 Å². The fraction of sp³-hybridized carbons (Fsp3) is 0.750. The van der Waals surface area contributed by atoms with Crippen LogP contribution >= 0.6 is 8.46 Å². The van der Waals surface area contributed by atoms with Crippen LogP contribution in [0.2, 0.25) is 0 Å². The first-order valence-electron chi connectivity index (χ1n) is 4.65. The van der Waals surface area contributed by atoms with E-state index in [0.717, 1.165) is 4.90 Å². The molecule has 7 heteroatoms. The maximum Gasteiger partial charge on any atom is 0.380 e. The molecule has 3 N–H and O–H groups in total. The minimum Gasteiger partial charge on any atom is -0.476 e. The zero-order valence-electron chi connectivity index (χ0n) is 8.40. The summed E-state index contributed by atoms with van der Waals surface area (Å²) >= 11 is 0. The van der Waals surface area contributed by atoms with Crippen LogP contribution in [0, 0.1) is 0 Å². The number of carbonyl (C=O) groups is 2. The maximum absolute atomic E-state index is 11.6. The number of nitrogens with zero attached hydrogens (tertiary/aromatic N) is 1. The second-order valence-electron chi connectivity index (χ2n) is 3.65. The number of carbonyl (C=O) groups excluding carboxylic acids is 1. The van der Waals surface area contributed by atoms with E-state index in [4.69, 9.17) is 10.8 Å². The Morgan fingerprint density at radius 2 is 2.20 bits per heavy atom. The minimum absolute atomic E-state index is 0.225. The third kappa shape index (κ3) is 1.87. The molecule has 0 aromatic carbocycles. The number of amides is 1. The van der Waals surface area contributed by atoms with Crippen molar-refractivity contribution in [1.29, 1.82) is 0 Å². The van der Waals surface area contributed by atoms with Crippen molar-refractivity contribution >= 4 is 20.3 Å². The van der Waals surface area contributed by atoms with E-state index in [2.05, 4.69) is 0 Å². The van der Waals surface area contributed by atoms with Crippen molar-refractivity contribution in [1.82, 2.24) is 4.90 Å². The first kappa shape index (κ1) is 12.1. The van der Waals surface area contributed by atoms with Crippen molar-refractivity contribution in [3.8, 4) is 0 Å². The van der Waals surface area contributed by atoms with Gasteiger partial charge in [-0.2, -0.15) is 0 Å². The standard InChI is InChI=1S/C8H13N2O4P/c1-5(9)6(11)10-4-2-3-8(10,15-14)7(12)13/h5H,2-4,9H2,1H3,(H,12,13)/p+1. The van der Waals surface area contributed by atoms with Crippen molar-refractivity contribution in [2.45, 2.75) is 31.1 Å². The lowest BCUT2D eigenvalue weighted by Gasteiger charge is -2.25. The van der Waals surface area contributed by atoms with Crippen LogP contribution in [0.25, 0.3) is 0 Å². The largest absolute Gasteiger partial charge is 0.476 e. The number of carboxylic acid groups (broad SMARTS) is 1. The Morgan fingerprint density at radius 3 is 2.60 bits per heavy atom. The van der Waals surface area contributed by atoms with Gasteiger partial charge in [0.1, 0.15) is 0 Å². The SMILES string of the molecule is CC(N)C(=O)N1CCCC1([PH+]=O)C(=O)O. The molecule has 3 atom stereocenters. The van der Waals surface area contributed by atoms with Crippen LogP contribution in [0.5, 0.6) is 0 Å². The summed E-state index contributed by atoms with van der Waals surface area (Å²) in [7, 11) is -1.07. The van der Waals surface area contributed by atoms with Gasteiger partial charge < -0.3 is 10.8 Å². The monoisotopic (exact) mass is 233 g/mol. The fourth-order valence-electron chi connectivity index (χ4n) is 1.74. The van der Waals surface area contributed by atoms with Gasteiger partial charge in [-0.15, -0.1) is 0 Å². The van der Waals surface area contributed by atoms with E-state index in [9.17, 15) is 14.2 Å². The molecular weight excluding hydrogens is 219 g/mol. The van der Waals surface area contributed by atoms with E-state index in [1.807, 2.05) is 0 Å². The van der Waals surface area contributed by atoms with Gasteiger partial charge in [0, 0.05) is 13.0 Å². The molecule has 0 bridgehead atoms. The molecule has 1 aliphatic heterocycles. The highest BCUT2D eigenvalue weighted by Gasteiger charge is 2.58. The zero-order valence-corrected chi connectivity index (χ0v) is 9.40. The van der Waals surface area contributed by atoms with E-state index in [-0.39, 0.29) is 6.42 Å². The highest BCUT2D eigenvalue weighted by molar-refractivity contribution is 7.27. The molecule has 0 aliphatic carbocycles. The molecule has 0 aromatic rings. The van der Waals surface area contributed by atoms with Gasteiger partial charge in [-0.25, -0.2) is 4.79 Å². The number of carboxylic acids is 1. The van der Waals surface area contributed by atoms with Crippen molar-refractivity contribution < 1.29 is 19.3 Å². The molecule has 84 valence electrons. The molecular formula is C8H14N2O4P+. The van der Waals surface area contributed by atoms with E-state index in [1.165, 1.54) is 6.92 Å². The second-order valence-corrected chi connectivity index (χ2v) is 4.68. The number of hydrogen-bond acceptors (Lipinski definition) is 4. The summed E-state index contributed by atoms with van der Waals surface area (Å²) < 4.78 is 11.0. The Hall–Kier alpha value is -1.00. The van der Waals surface area contributed by atoms with Gasteiger partial charge in [-0.1, -0.05) is 4.57 Å². The van der Waals surface area contributed by atoms with Crippen molar-refractivity contribution in [2.24, 2.45) is 5.73 Å². The van der Waals surface area contributed by atoms with Gasteiger partial charge in [0.25, 0.3) is 0 Å². The third-order valence-electron chi connectivity index (χ3n) is 2.56. The van der Waals surface area contributed by atoms with Crippen LogP contribution < -0.4 is 5.73 Å². The van der Waals surface area contributed by atoms with Crippen molar-refractivity contribution in [3.63, 3.8) is 0 Å². The number of likely N-dealkylation sites (tertiary alicyclic amines) is 1. The van der Waals surface area contributed by atoms with E-state index in [1.54, 1.807) is 0 Å². The number of hydrogen-bond donors (Lipinski definition) is 2. The average molecular weight is 233 g/mol. The predicted molar refractivity (Wildman–Crippen MR) is 54.0 cm³/mol. The normalized spacial score (nSPS) is 28.0. The third-order valence-corrected chi connectivity index (χ3v) is 3.63. The lowest BCUT2D eigenvalue weighted by Crippen LogP contribution is -2.53. The van der Waals surface area contributed by atoms with Crippen molar-refractivity contribution in [2.75, 3.05) is 6.54 Å².